The van der Waals surface area contributed by atoms with Crippen molar-refractivity contribution in [2.24, 2.45) is 0 Å². The number of hydrogen-bond acceptors (Lipinski definition) is 5. The average molecular weight is 307 g/mol. The van der Waals surface area contributed by atoms with Gasteiger partial charge in [0.15, 0.2) is 5.60 Å². The van der Waals surface area contributed by atoms with E-state index in [0.29, 0.717) is 5.76 Å². The van der Waals surface area contributed by atoms with Gasteiger partial charge < -0.3 is 14.5 Å². The molecule has 6 heteroatoms. The van der Waals surface area contributed by atoms with Crippen LogP contribution in [0, 0.1) is 0 Å². The van der Waals surface area contributed by atoms with Gasteiger partial charge in [-0.15, -0.1) is 11.3 Å². The zero-order valence-electron chi connectivity index (χ0n) is 12.1. The lowest BCUT2D eigenvalue weighted by Crippen LogP contribution is -2.44. The minimum atomic E-state index is -1.20. The third kappa shape index (κ3) is 3.95. The second kappa shape index (κ2) is 6.13. The molecule has 0 atom stereocenters. The van der Waals surface area contributed by atoms with Gasteiger partial charge in [0.05, 0.1) is 11.4 Å². The van der Waals surface area contributed by atoms with E-state index < -0.39 is 11.6 Å². The minimum absolute atomic E-state index is 0.245. The van der Waals surface area contributed by atoms with Crippen molar-refractivity contribution in [3.8, 4) is 10.6 Å². The van der Waals surface area contributed by atoms with E-state index in [1.54, 1.807) is 25.2 Å². The average Bonchev–Trinajstić information content (AvgIpc) is 3.04. The Morgan fingerprint density at radius 2 is 2.10 bits per heavy atom. The van der Waals surface area contributed by atoms with Gasteiger partial charge in [0, 0.05) is 6.92 Å². The van der Waals surface area contributed by atoms with Gasteiger partial charge in [-0.25, -0.2) is 0 Å². The molecule has 0 aromatic carbocycles. The highest BCUT2D eigenvalue weighted by molar-refractivity contribution is 7.13. The van der Waals surface area contributed by atoms with Crippen molar-refractivity contribution >= 4 is 23.2 Å². The van der Waals surface area contributed by atoms with Gasteiger partial charge in [-0.05, 0) is 37.4 Å². The summed E-state index contributed by atoms with van der Waals surface area (Å²) in [7, 11) is 0. The normalized spacial score (nSPS) is 11.2. The van der Waals surface area contributed by atoms with Crippen LogP contribution in [0.15, 0.2) is 34.1 Å². The lowest BCUT2D eigenvalue weighted by Gasteiger charge is -2.22. The predicted molar refractivity (Wildman–Crippen MR) is 79.7 cm³/mol. The van der Waals surface area contributed by atoms with Gasteiger partial charge in [-0.1, -0.05) is 6.07 Å². The van der Waals surface area contributed by atoms with Crippen molar-refractivity contribution < 1.29 is 18.7 Å². The molecule has 1 amide bonds. The zero-order valence-corrected chi connectivity index (χ0v) is 13.0. The standard InChI is InChI=1S/C15H17NO4S/c1-10(17)20-15(2,3)14(18)16-9-11-6-7-12(19-11)13-5-4-8-21-13/h4-8H,9H2,1-3H3,(H,16,18). The second-order valence-electron chi connectivity index (χ2n) is 5.03. The van der Waals surface area contributed by atoms with Gasteiger partial charge >= 0.3 is 5.97 Å². The first kappa shape index (κ1) is 15.3. The molecule has 0 aliphatic heterocycles. The van der Waals surface area contributed by atoms with Gasteiger partial charge in [-0.3, -0.25) is 9.59 Å². The van der Waals surface area contributed by atoms with Crippen molar-refractivity contribution in [2.45, 2.75) is 32.9 Å². The number of hydrogen-bond donors (Lipinski definition) is 1. The van der Waals surface area contributed by atoms with Crippen LogP contribution in [0.2, 0.25) is 0 Å². The highest BCUT2D eigenvalue weighted by atomic mass is 32.1. The first-order valence-electron chi connectivity index (χ1n) is 6.49. The molecular formula is C15H17NO4S. The Labute approximate surface area is 126 Å². The molecule has 0 saturated carbocycles. The van der Waals surface area contributed by atoms with Crippen LogP contribution in [-0.2, 0) is 20.9 Å². The largest absolute Gasteiger partial charge is 0.458 e. The molecule has 0 saturated heterocycles. The van der Waals surface area contributed by atoms with Gasteiger partial charge in [0.2, 0.25) is 0 Å². The zero-order chi connectivity index (χ0) is 15.5. The molecule has 0 aliphatic rings. The number of carbonyl (C=O) groups is 2. The van der Waals surface area contributed by atoms with Gasteiger partial charge in [-0.2, -0.15) is 0 Å². The molecule has 112 valence electrons. The van der Waals surface area contributed by atoms with Crippen LogP contribution in [0.25, 0.3) is 10.6 Å². The Hall–Kier alpha value is -2.08. The van der Waals surface area contributed by atoms with Crippen LogP contribution >= 0.6 is 11.3 Å². The fourth-order valence-electron chi connectivity index (χ4n) is 1.81. The molecule has 0 unspecified atom stereocenters. The molecule has 2 aromatic heterocycles. The summed E-state index contributed by atoms with van der Waals surface area (Å²) in [6.07, 6.45) is 0. The van der Waals surface area contributed by atoms with Crippen LogP contribution in [-0.4, -0.2) is 17.5 Å². The van der Waals surface area contributed by atoms with Crippen LogP contribution in [0.4, 0.5) is 0 Å². The van der Waals surface area contributed by atoms with E-state index in [-0.39, 0.29) is 12.5 Å². The number of nitrogens with one attached hydrogen (secondary N) is 1. The number of furan rings is 1. The van der Waals surface area contributed by atoms with Gasteiger partial charge in [0.1, 0.15) is 11.5 Å². The monoisotopic (exact) mass is 307 g/mol. The van der Waals surface area contributed by atoms with Gasteiger partial charge in [0.25, 0.3) is 5.91 Å². The maximum absolute atomic E-state index is 12.0. The lowest BCUT2D eigenvalue weighted by molar-refractivity contribution is -0.163. The highest BCUT2D eigenvalue weighted by Crippen LogP contribution is 2.26. The number of ether oxygens (including phenoxy) is 1. The third-order valence-corrected chi connectivity index (χ3v) is 3.68. The summed E-state index contributed by atoms with van der Waals surface area (Å²) in [5.41, 5.74) is -1.20. The molecule has 0 fully saturated rings. The first-order valence-corrected chi connectivity index (χ1v) is 7.37. The number of rotatable bonds is 5. The van der Waals surface area contributed by atoms with E-state index in [9.17, 15) is 9.59 Å². The number of esters is 1. The van der Waals surface area contributed by atoms with Crippen LogP contribution in [0.5, 0.6) is 0 Å². The smallest absolute Gasteiger partial charge is 0.303 e. The Bertz CT molecular complexity index is 628. The van der Waals surface area contributed by atoms with Crippen LogP contribution < -0.4 is 5.32 Å². The fraction of sp³-hybridized carbons (Fsp3) is 0.333. The summed E-state index contributed by atoms with van der Waals surface area (Å²) in [5, 5.41) is 4.67. The van der Waals surface area contributed by atoms with Crippen molar-refractivity contribution in [1.29, 1.82) is 0 Å². The molecule has 21 heavy (non-hydrogen) atoms. The number of thiophene rings is 1. The van der Waals surface area contributed by atoms with E-state index in [0.717, 1.165) is 10.6 Å². The Balaban J connectivity index is 1.94. The summed E-state index contributed by atoms with van der Waals surface area (Å²) >= 11 is 1.59. The molecule has 0 bridgehead atoms. The second-order valence-corrected chi connectivity index (χ2v) is 5.98. The van der Waals surface area contributed by atoms with Crippen molar-refractivity contribution in [2.75, 3.05) is 0 Å². The summed E-state index contributed by atoms with van der Waals surface area (Å²) in [6, 6.07) is 7.60. The van der Waals surface area contributed by atoms with Crippen LogP contribution in [0.1, 0.15) is 26.5 Å². The summed E-state index contributed by atoms with van der Waals surface area (Å²) in [4.78, 5) is 24.0. The quantitative estimate of drug-likeness (QED) is 0.862. The molecule has 2 rings (SSSR count). The molecule has 1 N–H and O–H groups in total. The van der Waals surface area contributed by atoms with Crippen molar-refractivity contribution in [1.82, 2.24) is 5.32 Å². The van der Waals surface area contributed by atoms with Crippen molar-refractivity contribution in [3.05, 3.63) is 35.4 Å². The van der Waals surface area contributed by atoms with E-state index in [2.05, 4.69) is 5.32 Å². The Kier molecular flexibility index (Phi) is 4.47. The fourth-order valence-corrected chi connectivity index (χ4v) is 2.50. The van der Waals surface area contributed by atoms with E-state index >= 15 is 0 Å². The SMILES string of the molecule is CC(=O)OC(C)(C)C(=O)NCc1ccc(-c2cccs2)o1. The van der Waals surface area contributed by atoms with E-state index in [1.165, 1.54) is 6.92 Å². The predicted octanol–water partition coefficient (Wildman–Crippen LogP) is 2.97. The molecule has 5 nitrogen and oxygen atoms in total. The number of carbonyl (C=O) groups excluding carboxylic acids is 2. The molecule has 2 heterocycles. The van der Waals surface area contributed by atoms with E-state index in [1.807, 2.05) is 29.6 Å². The van der Waals surface area contributed by atoms with Crippen LogP contribution in [0.3, 0.4) is 0 Å². The lowest BCUT2D eigenvalue weighted by atomic mass is 10.1. The minimum Gasteiger partial charge on any atom is -0.458 e. The molecule has 0 spiro atoms. The third-order valence-electron chi connectivity index (χ3n) is 2.79. The maximum Gasteiger partial charge on any atom is 0.303 e. The molecule has 0 radical (unpaired) electrons. The summed E-state index contributed by atoms with van der Waals surface area (Å²) < 4.78 is 10.6. The Morgan fingerprint density at radius 3 is 2.71 bits per heavy atom. The Morgan fingerprint density at radius 1 is 1.33 bits per heavy atom. The molecular weight excluding hydrogens is 290 g/mol. The number of amides is 1. The van der Waals surface area contributed by atoms with Crippen molar-refractivity contribution in [3.63, 3.8) is 0 Å². The van der Waals surface area contributed by atoms with E-state index in [4.69, 9.17) is 9.15 Å². The first-order chi connectivity index (χ1) is 9.88. The summed E-state index contributed by atoms with van der Waals surface area (Å²) in [6.45, 7) is 4.61. The molecule has 0 aliphatic carbocycles. The maximum atomic E-state index is 12.0. The topological polar surface area (TPSA) is 68.5 Å². The summed E-state index contributed by atoms with van der Waals surface area (Å²) in [5.74, 6) is 0.554. The molecule has 2 aromatic rings. The highest BCUT2D eigenvalue weighted by Gasteiger charge is 2.30.